The summed E-state index contributed by atoms with van der Waals surface area (Å²) in [6.45, 7) is 2.87. The second-order valence-corrected chi connectivity index (χ2v) is 5.05. The van der Waals surface area contributed by atoms with E-state index in [-0.39, 0.29) is 23.8 Å². The van der Waals surface area contributed by atoms with Gasteiger partial charge in [0.25, 0.3) is 5.69 Å². The van der Waals surface area contributed by atoms with E-state index in [0.717, 1.165) is 25.8 Å². The van der Waals surface area contributed by atoms with Gasteiger partial charge < -0.3 is 15.5 Å². The van der Waals surface area contributed by atoms with Crippen molar-refractivity contribution in [3.05, 3.63) is 34.4 Å². The normalized spacial score (nSPS) is 10.9. The third kappa shape index (κ3) is 6.84. The predicted molar refractivity (Wildman–Crippen MR) is 86.0 cm³/mol. The third-order valence-corrected chi connectivity index (χ3v) is 3.40. The number of rotatable bonds is 12. The lowest BCUT2D eigenvalue weighted by Gasteiger charge is -2.19. The fourth-order valence-electron chi connectivity index (χ4n) is 2.26. The molecule has 0 aliphatic heterocycles. The minimum atomic E-state index is -0.385. The van der Waals surface area contributed by atoms with Crippen molar-refractivity contribution >= 4 is 11.4 Å². The van der Waals surface area contributed by atoms with Gasteiger partial charge in [-0.1, -0.05) is 18.6 Å². The second kappa shape index (κ2) is 10.9. The highest BCUT2D eigenvalue weighted by Crippen LogP contribution is 2.22. The Morgan fingerprint density at radius 2 is 1.73 bits per heavy atom. The number of aliphatic hydroxyl groups is 2. The molecule has 0 saturated heterocycles. The molecule has 0 saturated carbocycles. The van der Waals surface area contributed by atoms with Crippen molar-refractivity contribution in [1.82, 2.24) is 4.90 Å². The highest BCUT2D eigenvalue weighted by atomic mass is 16.6. The highest BCUT2D eigenvalue weighted by Gasteiger charge is 2.11. The second-order valence-electron chi connectivity index (χ2n) is 5.05. The topological polar surface area (TPSA) is 98.9 Å². The number of para-hydroxylation sites is 2. The molecule has 0 aliphatic carbocycles. The molecule has 0 aliphatic rings. The molecule has 7 heteroatoms. The Kier molecular flexibility index (Phi) is 9.13. The van der Waals surface area contributed by atoms with Gasteiger partial charge in [0, 0.05) is 25.7 Å². The van der Waals surface area contributed by atoms with Crippen LogP contribution in [0.1, 0.15) is 19.3 Å². The van der Waals surface area contributed by atoms with Crippen LogP contribution in [-0.2, 0) is 0 Å². The Labute approximate surface area is 130 Å². The maximum absolute atomic E-state index is 10.9. The van der Waals surface area contributed by atoms with Crippen LogP contribution in [0.3, 0.4) is 0 Å². The zero-order valence-corrected chi connectivity index (χ0v) is 12.8. The summed E-state index contributed by atoms with van der Waals surface area (Å²) >= 11 is 0. The summed E-state index contributed by atoms with van der Waals surface area (Å²) in [7, 11) is 0. The number of nitro groups is 1. The summed E-state index contributed by atoms with van der Waals surface area (Å²) in [6, 6.07) is 6.63. The van der Waals surface area contributed by atoms with Crippen LogP contribution < -0.4 is 5.32 Å². The molecule has 3 N–H and O–H groups in total. The van der Waals surface area contributed by atoms with E-state index < -0.39 is 0 Å². The number of unbranched alkanes of at least 4 members (excludes halogenated alkanes) is 2. The number of hydrogen-bond donors (Lipinski definition) is 3. The van der Waals surface area contributed by atoms with Crippen LogP contribution in [0.4, 0.5) is 11.4 Å². The molecule has 0 atom stereocenters. The molecule has 1 rings (SSSR count). The van der Waals surface area contributed by atoms with Crippen molar-refractivity contribution in [2.45, 2.75) is 19.3 Å². The molecule has 0 aromatic heterocycles. The van der Waals surface area contributed by atoms with E-state index in [9.17, 15) is 10.1 Å². The lowest BCUT2D eigenvalue weighted by Crippen LogP contribution is -2.30. The summed E-state index contributed by atoms with van der Waals surface area (Å²) in [5.74, 6) is 0. The van der Waals surface area contributed by atoms with Gasteiger partial charge in [0.05, 0.1) is 18.1 Å². The van der Waals surface area contributed by atoms with Gasteiger partial charge in [-0.2, -0.15) is 0 Å². The zero-order valence-electron chi connectivity index (χ0n) is 12.8. The quantitative estimate of drug-likeness (QED) is 0.307. The summed E-state index contributed by atoms with van der Waals surface area (Å²) in [4.78, 5) is 12.5. The molecule has 0 heterocycles. The van der Waals surface area contributed by atoms with Gasteiger partial charge >= 0.3 is 0 Å². The monoisotopic (exact) mass is 311 g/mol. The molecular weight excluding hydrogens is 286 g/mol. The van der Waals surface area contributed by atoms with Crippen LogP contribution in [-0.4, -0.2) is 59.4 Å². The van der Waals surface area contributed by atoms with Gasteiger partial charge in [0.1, 0.15) is 5.69 Å². The van der Waals surface area contributed by atoms with Crippen LogP contribution >= 0.6 is 0 Å². The average molecular weight is 311 g/mol. The minimum Gasteiger partial charge on any atom is -0.395 e. The van der Waals surface area contributed by atoms with E-state index in [1.807, 2.05) is 4.90 Å². The Bertz CT molecular complexity index is 437. The SMILES string of the molecule is O=[N+]([O-])c1ccccc1NCCCCCN(CCO)CCO. The first-order chi connectivity index (χ1) is 10.7. The van der Waals surface area contributed by atoms with Crippen molar-refractivity contribution < 1.29 is 15.1 Å². The zero-order chi connectivity index (χ0) is 16.2. The largest absolute Gasteiger partial charge is 0.395 e. The predicted octanol–water partition coefficient (Wildman–Crippen LogP) is 1.46. The lowest BCUT2D eigenvalue weighted by molar-refractivity contribution is -0.384. The van der Waals surface area contributed by atoms with Crippen molar-refractivity contribution in [2.24, 2.45) is 0 Å². The fourth-order valence-corrected chi connectivity index (χ4v) is 2.26. The Morgan fingerprint density at radius 3 is 2.36 bits per heavy atom. The van der Waals surface area contributed by atoms with Crippen LogP contribution in [0.2, 0.25) is 0 Å². The molecule has 0 bridgehead atoms. The maximum Gasteiger partial charge on any atom is 0.292 e. The smallest absolute Gasteiger partial charge is 0.292 e. The molecule has 124 valence electrons. The van der Waals surface area contributed by atoms with Gasteiger partial charge in [0.2, 0.25) is 0 Å². The van der Waals surface area contributed by atoms with Crippen molar-refractivity contribution in [2.75, 3.05) is 44.7 Å². The summed E-state index contributed by atoms with van der Waals surface area (Å²) in [5.41, 5.74) is 0.647. The molecule has 7 nitrogen and oxygen atoms in total. The standard InChI is InChI=1S/C15H25N3O4/c19-12-10-17(11-13-20)9-5-1-4-8-16-14-6-2-3-7-15(14)18(21)22/h2-3,6-7,16,19-20H,1,4-5,8-13H2. The Morgan fingerprint density at radius 1 is 1.05 bits per heavy atom. The summed E-state index contributed by atoms with van der Waals surface area (Å²) in [6.07, 6.45) is 2.87. The number of benzene rings is 1. The molecular formula is C15H25N3O4. The maximum atomic E-state index is 10.9. The highest BCUT2D eigenvalue weighted by molar-refractivity contribution is 5.60. The first kappa shape index (κ1) is 18.3. The molecule has 0 amide bonds. The van der Waals surface area contributed by atoms with E-state index >= 15 is 0 Å². The van der Waals surface area contributed by atoms with E-state index in [0.29, 0.717) is 25.3 Å². The van der Waals surface area contributed by atoms with Crippen LogP contribution in [0.15, 0.2) is 24.3 Å². The molecule has 0 fully saturated rings. The Hall–Kier alpha value is -1.70. The van der Waals surface area contributed by atoms with Gasteiger partial charge in [-0.3, -0.25) is 15.0 Å². The van der Waals surface area contributed by atoms with Gasteiger partial charge in [0.15, 0.2) is 0 Å². The van der Waals surface area contributed by atoms with Gasteiger partial charge in [-0.25, -0.2) is 0 Å². The summed E-state index contributed by atoms with van der Waals surface area (Å²) in [5, 5.41) is 31.8. The Balaban J connectivity index is 2.22. The van der Waals surface area contributed by atoms with Crippen LogP contribution in [0.5, 0.6) is 0 Å². The minimum absolute atomic E-state index is 0.0965. The first-order valence-electron chi connectivity index (χ1n) is 7.60. The van der Waals surface area contributed by atoms with E-state index in [1.165, 1.54) is 6.07 Å². The summed E-state index contributed by atoms with van der Waals surface area (Å²) < 4.78 is 0. The number of anilines is 1. The number of nitrogens with zero attached hydrogens (tertiary/aromatic N) is 2. The third-order valence-electron chi connectivity index (χ3n) is 3.40. The van der Waals surface area contributed by atoms with Gasteiger partial charge in [-0.15, -0.1) is 0 Å². The number of hydrogen-bond acceptors (Lipinski definition) is 6. The van der Waals surface area contributed by atoms with Crippen molar-refractivity contribution in [1.29, 1.82) is 0 Å². The number of aliphatic hydroxyl groups excluding tert-OH is 2. The molecule has 0 unspecified atom stereocenters. The average Bonchev–Trinajstić information content (AvgIpc) is 2.51. The van der Waals surface area contributed by atoms with E-state index in [4.69, 9.17) is 10.2 Å². The molecule has 1 aromatic rings. The number of nitrogens with one attached hydrogen (secondary N) is 1. The molecule has 1 aromatic carbocycles. The van der Waals surface area contributed by atoms with Crippen LogP contribution in [0, 0.1) is 10.1 Å². The van der Waals surface area contributed by atoms with E-state index in [2.05, 4.69) is 5.32 Å². The van der Waals surface area contributed by atoms with Gasteiger partial charge in [-0.05, 0) is 25.5 Å². The number of nitro benzene ring substituents is 1. The fraction of sp³-hybridized carbons (Fsp3) is 0.600. The van der Waals surface area contributed by atoms with Crippen LogP contribution in [0.25, 0.3) is 0 Å². The lowest BCUT2D eigenvalue weighted by atomic mass is 10.2. The van der Waals surface area contributed by atoms with Crippen molar-refractivity contribution in [3.8, 4) is 0 Å². The van der Waals surface area contributed by atoms with Crippen molar-refractivity contribution in [3.63, 3.8) is 0 Å². The van der Waals surface area contributed by atoms with E-state index in [1.54, 1.807) is 18.2 Å². The molecule has 0 radical (unpaired) electrons. The molecule has 22 heavy (non-hydrogen) atoms. The first-order valence-corrected chi connectivity index (χ1v) is 7.60. The molecule has 0 spiro atoms.